The maximum Gasteiger partial charge on any atom is 0.194 e. The van der Waals surface area contributed by atoms with Crippen LogP contribution in [-0.2, 0) is 0 Å². The number of carbonyl (C=O) groups is 1. The van der Waals surface area contributed by atoms with Crippen molar-refractivity contribution < 1.29 is 13.9 Å². The van der Waals surface area contributed by atoms with Crippen LogP contribution in [0.1, 0.15) is 22.8 Å². The molecule has 0 aromatic heterocycles. The molecule has 0 fully saturated rings. The first kappa shape index (κ1) is 13.6. The molecule has 2 aromatic carbocycles. The third kappa shape index (κ3) is 3.12. The molecule has 2 aromatic rings. The van der Waals surface area contributed by atoms with Crippen LogP contribution >= 0.6 is 11.6 Å². The summed E-state index contributed by atoms with van der Waals surface area (Å²) in [5, 5.41) is 0.104. The van der Waals surface area contributed by atoms with Gasteiger partial charge in [-0.1, -0.05) is 23.7 Å². The van der Waals surface area contributed by atoms with Crippen LogP contribution in [0, 0.1) is 5.82 Å². The Morgan fingerprint density at radius 1 is 1.26 bits per heavy atom. The lowest BCUT2D eigenvalue weighted by atomic mass is 10.0. The average molecular weight is 279 g/mol. The molecule has 0 bridgehead atoms. The van der Waals surface area contributed by atoms with Gasteiger partial charge in [0, 0.05) is 11.1 Å². The van der Waals surface area contributed by atoms with Gasteiger partial charge in [-0.2, -0.15) is 0 Å². The van der Waals surface area contributed by atoms with Gasteiger partial charge in [0.2, 0.25) is 0 Å². The van der Waals surface area contributed by atoms with Crippen LogP contribution in [0.15, 0.2) is 42.5 Å². The normalized spacial score (nSPS) is 10.3. The standard InChI is InChI=1S/C15H12ClFO2/c1-2-19-12-5-3-4-10(8-12)15(18)13-7-6-11(17)9-14(13)16/h3-9H,2H2,1H3. The van der Waals surface area contributed by atoms with Crippen molar-refractivity contribution in [1.82, 2.24) is 0 Å². The molecule has 2 rings (SSSR count). The number of rotatable bonds is 4. The van der Waals surface area contributed by atoms with Crippen LogP contribution in [0.2, 0.25) is 5.02 Å². The third-order valence-electron chi connectivity index (χ3n) is 2.58. The Labute approximate surface area is 115 Å². The molecule has 0 aliphatic heterocycles. The Balaban J connectivity index is 2.35. The van der Waals surface area contributed by atoms with Gasteiger partial charge in [-0.3, -0.25) is 4.79 Å². The molecule has 0 saturated carbocycles. The van der Waals surface area contributed by atoms with Crippen LogP contribution in [0.3, 0.4) is 0 Å². The van der Waals surface area contributed by atoms with Gasteiger partial charge >= 0.3 is 0 Å². The summed E-state index contributed by atoms with van der Waals surface area (Å²) in [5.41, 5.74) is 0.733. The molecule has 0 saturated heterocycles. The van der Waals surface area contributed by atoms with E-state index in [1.54, 1.807) is 24.3 Å². The fourth-order valence-electron chi connectivity index (χ4n) is 1.72. The van der Waals surface area contributed by atoms with Crippen molar-refractivity contribution in [3.8, 4) is 5.75 Å². The Morgan fingerprint density at radius 3 is 2.74 bits per heavy atom. The van der Waals surface area contributed by atoms with E-state index in [0.717, 1.165) is 6.07 Å². The summed E-state index contributed by atoms with van der Waals surface area (Å²) in [5.74, 6) is -0.109. The van der Waals surface area contributed by atoms with E-state index in [4.69, 9.17) is 16.3 Å². The van der Waals surface area contributed by atoms with Crippen LogP contribution in [0.25, 0.3) is 0 Å². The molecule has 0 amide bonds. The number of ether oxygens (including phenoxy) is 1. The molecule has 0 N–H and O–H groups in total. The van der Waals surface area contributed by atoms with E-state index in [0.29, 0.717) is 17.9 Å². The molecule has 0 heterocycles. The molecule has 19 heavy (non-hydrogen) atoms. The zero-order chi connectivity index (χ0) is 13.8. The number of carbonyl (C=O) groups excluding carboxylic acids is 1. The predicted octanol–water partition coefficient (Wildman–Crippen LogP) is 4.11. The molecule has 0 atom stereocenters. The first-order chi connectivity index (χ1) is 9.11. The van der Waals surface area contributed by atoms with Crippen LogP contribution in [0.4, 0.5) is 4.39 Å². The molecule has 0 spiro atoms. The molecular weight excluding hydrogens is 267 g/mol. The summed E-state index contributed by atoms with van der Waals surface area (Å²) in [6.45, 7) is 2.39. The smallest absolute Gasteiger partial charge is 0.194 e. The summed E-state index contributed by atoms with van der Waals surface area (Å²) in [6.07, 6.45) is 0. The van der Waals surface area contributed by atoms with E-state index < -0.39 is 5.82 Å². The van der Waals surface area contributed by atoms with Crippen LogP contribution in [-0.4, -0.2) is 12.4 Å². The lowest BCUT2D eigenvalue weighted by molar-refractivity contribution is 0.103. The van der Waals surface area contributed by atoms with Crippen LogP contribution < -0.4 is 4.74 Å². The minimum absolute atomic E-state index is 0.104. The number of hydrogen-bond acceptors (Lipinski definition) is 2. The van der Waals surface area contributed by atoms with Gasteiger partial charge in [0.25, 0.3) is 0 Å². The summed E-state index contributed by atoms with van der Waals surface area (Å²) in [6, 6.07) is 10.5. The van der Waals surface area contributed by atoms with Gasteiger partial charge in [-0.25, -0.2) is 4.39 Å². The molecule has 0 aliphatic rings. The maximum absolute atomic E-state index is 13.0. The van der Waals surface area contributed by atoms with Gasteiger partial charge in [-0.05, 0) is 37.3 Å². The van der Waals surface area contributed by atoms with Gasteiger partial charge in [0.15, 0.2) is 5.78 Å². The topological polar surface area (TPSA) is 26.3 Å². The highest BCUT2D eigenvalue weighted by molar-refractivity contribution is 6.35. The minimum atomic E-state index is -0.468. The van der Waals surface area contributed by atoms with Crippen molar-refractivity contribution in [1.29, 1.82) is 0 Å². The lowest BCUT2D eigenvalue weighted by Crippen LogP contribution is -2.03. The van der Waals surface area contributed by atoms with Gasteiger partial charge < -0.3 is 4.74 Å². The van der Waals surface area contributed by atoms with E-state index in [9.17, 15) is 9.18 Å². The Morgan fingerprint density at radius 2 is 2.05 bits per heavy atom. The highest BCUT2D eigenvalue weighted by atomic mass is 35.5. The zero-order valence-electron chi connectivity index (χ0n) is 10.3. The number of benzene rings is 2. The number of hydrogen-bond donors (Lipinski definition) is 0. The first-order valence-electron chi connectivity index (χ1n) is 5.84. The molecule has 0 radical (unpaired) electrons. The van der Waals surface area contributed by atoms with Gasteiger partial charge in [-0.15, -0.1) is 0 Å². The van der Waals surface area contributed by atoms with E-state index in [-0.39, 0.29) is 16.4 Å². The zero-order valence-corrected chi connectivity index (χ0v) is 11.1. The third-order valence-corrected chi connectivity index (χ3v) is 2.90. The molecular formula is C15H12ClFO2. The van der Waals surface area contributed by atoms with E-state index >= 15 is 0 Å². The summed E-state index contributed by atoms with van der Waals surface area (Å²) < 4.78 is 18.3. The highest BCUT2D eigenvalue weighted by Gasteiger charge is 2.14. The van der Waals surface area contributed by atoms with Crippen molar-refractivity contribution in [3.63, 3.8) is 0 Å². The van der Waals surface area contributed by atoms with E-state index in [1.807, 2.05) is 6.92 Å². The van der Waals surface area contributed by atoms with Crippen LogP contribution in [0.5, 0.6) is 5.75 Å². The summed E-state index contributed by atoms with van der Waals surface area (Å²) in [4.78, 5) is 12.3. The molecule has 4 heteroatoms. The monoisotopic (exact) mass is 278 g/mol. The van der Waals surface area contributed by atoms with Gasteiger partial charge in [0.1, 0.15) is 11.6 Å². The van der Waals surface area contributed by atoms with Gasteiger partial charge in [0.05, 0.1) is 11.6 Å². The van der Waals surface area contributed by atoms with Crippen molar-refractivity contribution >= 4 is 17.4 Å². The second-order valence-corrected chi connectivity index (χ2v) is 4.32. The second kappa shape index (κ2) is 5.85. The van der Waals surface area contributed by atoms with Crippen molar-refractivity contribution in [2.75, 3.05) is 6.61 Å². The molecule has 0 aliphatic carbocycles. The van der Waals surface area contributed by atoms with E-state index in [2.05, 4.69) is 0 Å². The van der Waals surface area contributed by atoms with Crippen molar-refractivity contribution in [3.05, 3.63) is 64.4 Å². The maximum atomic E-state index is 13.0. The number of ketones is 1. The van der Waals surface area contributed by atoms with Crippen molar-refractivity contribution in [2.45, 2.75) is 6.92 Å². The molecule has 2 nitrogen and oxygen atoms in total. The van der Waals surface area contributed by atoms with Crippen molar-refractivity contribution in [2.24, 2.45) is 0 Å². The highest BCUT2D eigenvalue weighted by Crippen LogP contribution is 2.22. The Kier molecular flexibility index (Phi) is 4.17. The average Bonchev–Trinajstić information content (AvgIpc) is 2.39. The SMILES string of the molecule is CCOc1cccc(C(=O)c2ccc(F)cc2Cl)c1. The Bertz CT molecular complexity index is 611. The lowest BCUT2D eigenvalue weighted by Gasteiger charge is -2.07. The van der Waals surface area contributed by atoms with E-state index in [1.165, 1.54) is 12.1 Å². The molecule has 0 unspecified atom stereocenters. The number of halogens is 2. The predicted molar refractivity (Wildman–Crippen MR) is 72.5 cm³/mol. The Hall–Kier alpha value is -1.87. The fourth-order valence-corrected chi connectivity index (χ4v) is 1.98. The fraction of sp³-hybridized carbons (Fsp3) is 0.133. The molecule has 98 valence electrons. The largest absolute Gasteiger partial charge is 0.494 e. The minimum Gasteiger partial charge on any atom is -0.494 e. The second-order valence-electron chi connectivity index (χ2n) is 3.91. The summed E-state index contributed by atoms with van der Waals surface area (Å²) >= 11 is 5.88. The quantitative estimate of drug-likeness (QED) is 0.787. The summed E-state index contributed by atoms with van der Waals surface area (Å²) in [7, 11) is 0. The first-order valence-corrected chi connectivity index (χ1v) is 6.22.